The third kappa shape index (κ3) is 2.41. The van der Waals surface area contributed by atoms with Crippen LogP contribution in [0, 0.1) is 6.85 Å². The number of hydrogen-bond acceptors (Lipinski definition) is 4. The van der Waals surface area contributed by atoms with E-state index in [0.717, 1.165) is 48.4 Å². The average molecular weight is 396 g/mol. The van der Waals surface area contributed by atoms with Gasteiger partial charge in [0.1, 0.15) is 10.7 Å². The van der Waals surface area contributed by atoms with Crippen LogP contribution in [0.4, 0.5) is 0 Å². The summed E-state index contributed by atoms with van der Waals surface area (Å²) < 4.78 is 27.2. The standard InChI is InChI=1S/C24H16N4S/c1-15-9-10-18(22-21(15)17-8-5-12-26-24(17)29-22)23-27-19-11-13-25-14-20(19)28(23)16-6-3-2-4-7-16/h2-14H,1H3/i1D3. The molecule has 0 radical (unpaired) electrons. The Bertz CT molecular complexity index is 1620. The Labute approximate surface area is 175 Å². The molecule has 0 saturated carbocycles. The summed E-state index contributed by atoms with van der Waals surface area (Å²) in [7, 11) is 0. The van der Waals surface area contributed by atoms with E-state index in [-0.39, 0.29) is 0 Å². The number of aromatic nitrogens is 4. The molecule has 0 fully saturated rings. The van der Waals surface area contributed by atoms with Crippen LogP contribution in [0.15, 0.2) is 79.3 Å². The molecule has 4 heterocycles. The first-order chi connectivity index (χ1) is 15.5. The molecule has 0 bridgehead atoms. The van der Waals surface area contributed by atoms with Gasteiger partial charge in [-0.25, -0.2) is 9.97 Å². The lowest BCUT2D eigenvalue weighted by Gasteiger charge is -2.10. The minimum atomic E-state index is -2.23. The van der Waals surface area contributed by atoms with Gasteiger partial charge >= 0.3 is 0 Å². The molecule has 0 unspecified atom stereocenters. The van der Waals surface area contributed by atoms with E-state index in [9.17, 15) is 0 Å². The Morgan fingerprint density at radius 1 is 0.966 bits per heavy atom. The van der Waals surface area contributed by atoms with Crippen molar-refractivity contribution in [3.8, 4) is 17.1 Å². The maximum atomic E-state index is 8.10. The molecule has 0 saturated heterocycles. The van der Waals surface area contributed by atoms with Crippen molar-refractivity contribution in [3.05, 3.63) is 84.8 Å². The third-order valence-corrected chi connectivity index (χ3v) is 6.26. The first-order valence-corrected chi connectivity index (χ1v) is 10.0. The van der Waals surface area contributed by atoms with Crippen LogP contribution in [-0.4, -0.2) is 19.5 Å². The molecule has 0 aliphatic heterocycles. The highest BCUT2D eigenvalue weighted by Gasteiger charge is 2.19. The van der Waals surface area contributed by atoms with Gasteiger partial charge in [0, 0.05) is 43.2 Å². The highest BCUT2D eigenvalue weighted by Crippen LogP contribution is 2.41. The summed E-state index contributed by atoms with van der Waals surface area (Å²) in [5, 5.41) is 1.57. The van der Waals surface area contributed by atoms with Crippen molar-refractivity contribution in [1.29, 1.82) is 0 Å². The highest BCUT2D eigenvalue weighted by molar-refractivity contribution is 7.26. The third-order valence-electron chi connectivity index (χ3n) is 5.11. The molecule has 0 aliphatic rings. The van der Waals surface area contributed by atoms with E-state index in [0.29, 0.717) is 5.56 Å². The molecule has 5 heteroatoms. The fourth-order valence-corrected chi connectivity index (χ4v) is 5.01. The van der Waals surface area contributed by atoms with Crippen LogP contribution in [0.25, 0.3) is 48.4 Å². The monoisotopic (exact) mass is 395 g/mol. The summed E-state index contributed by atoms with van der Waals surface area (Å²) in [4.78, 5) is 14.6. The molecule has 29 heavy (non-hydrogen) atoms. The van der Waals surface area contributed by atoms with Crippen LogP contribution >= 0.6 is 11.3 Å². The summed E-state index contributed by atoms with van der Waals surface area (Å²) in [6, 6.07) is 19.2. The number of nitrogens with zero attached hydrogens (tertiary/aromatic N) is 4. The van der Waals surface area contributed by atoms with Gasteiger partial charge < -0.3 is 0 Å². The normalized spacial score (nSPS) is 13.6. The molecule has 0 spiro atoms. The Kier molecular flexibility index (Phi) is 2.91. The van der Waals surface area contributed by atoms with Gasteiger partial charge in [-0.1, -0.05) is 24.3 Å². The number of hydrogen-bond donors (Lipinski definition) is 0. The number of thiophene rings is 1. The second-order valence-electron chi connectivity index (χ2n) is 6.79. The van der Waals surface area contributed by atoms with Gasteiger partial charge in [0.15, 0.2) is 0 Å². The molecule has 138 valence electrons. The Hall–Kier alpha value is -3.57. The summed E-state index contributed by atoms with van der Waals surface area (Å²) in [5.74, 6) is 0.743. The van der Waals surface area contributed by atoms with Crippen LogP contribution in [-0.2, 0) is 0 Å². The molecule has 4 aromatic heterocycles. The predicted octanol–water partition coefficient (Wildman–Crippen LogP) is 6.16. The number of fused-ring (bicyclic) bond motifs is 4. The molecule has 6 aromatic rings. The largest absolute Gasteiger partial charge is 0.291 e. The molecule has 0 N–H and O–H groups in total. The summed E-state index contributed by atoms with van der Waals surface area (Å²) in [5.41, 5.74) is 3.88. The van der Waals surface area contributed by atoms with Crippen molar-refractivity contribution in [2.45, 2.75) is 6.85 Å². The van der Waals surface area contributed by atoms with E-state index in [1.165, 1.54) is 11.3 Å². The molecule has 0 aliphatic carbocycles. The number of rotatable bonds is 2. The number of aryl methyl sites for hydroxylation is 1. The highest BCUT2D eigenvalue weighted by atomic mass is 32.1. The summed E-state index contributed by atoms with van der Waals surface area (Å²) >= 11 is 1.50. The fraction of sp³-hybridized carbons (Fsp3) is 0.0417. The molecule has 6 rings (SSSR count). The van der Waals surface area contributed by atoms with Crippen LogP contribution in [0.3, 0.4) is 0 Å². The van der Waals surface area contributed by atoms with E-state index in [2.05, 4.69) is 14.5 Å². The minimum absolute atomic E-state index is 0.333. The van der Waals surface area contributed by atoms with E-state index in [4.69, 9.17) is 9.10 Å². The minimum Gasteiger partial charge on any atom is -0.291 e. The van der Waals surface area contributed by atoms with Gasteiger partial charge in [-0.05, 0) is 48.8 Å². The van der Waals surface area contributed by atoms with E-state index < -0.39 is 6.85 Å². The zero-order valence-electron chi connectivity index (χ0n) is 18.2. The number of pyridine rings is 2. The van der Waals surface area contributed by atoms with E-state index >= 15 is 0 Å². The zero-order valence-corrected chi connectivity index (χ0v) is 16.0. The average Bonchev–Trinajstić information content (AvgIpc) is 3.37. The summed E-state index contributed by atoms with van der Waals surface area (Å²) in [6.07, 6.45) is 5.27. The summed E-state index contributed by atoms with van der Waals surface area (Å²) in [6.45, 7) is -2.23. The Morgan fingerprint density at radius 3 is 2.79 bits per heavy atom. The number of benzene rings is 2. The van der Waals surface area contributed by atoms with Crippen LogP contribution in [0.2, 0.25) is 0 Å². The molecule has 0 atom stereocenters. The topological polar surface area (TPSA) is 43.6 Å². The zero-order chi connectivity index (χ0) is 21.9. The first kappa shape index (κ1) is 13.6. The van der Waals surface area contributed by atoms with Crippen LogP contribution in [0.1, 0.15) is 9.68 Å². The van der Waals surface area contributed by atoms with Gasteiger partial charge in [0.2, 0.25) is 0 Å². The molecule has 2 aromatic carbocycles. The van der Waals surface area contributed by atoms with Gasteiger partial charge in [-0.15, -0.1) is 11.3 Å². The van der Waals surface area contributed by atoms with Gasteiger partial charge in [-0.3, -0.25) is 9.55 Å². The maximum Gasteiger partial charge on any atom is 0.147 e. The SMILES string of the molecule is [2H]C([2H])([2H])c1ccc(-c2nc3ccncc3n2-c2ccccc2)c2sc3ncccc3c12. The van der Waals surface area contributed by atoms with Crippen molar-refractivity contribution in [1.82, 2.24) is 19.5 Å². The Balaban J connectivity index is 1.76. The van der Waals surface area contributed by atoms with Crippen molar-refractivity contribution >= 4 is 42.7 Å². The van der Waals surface area contributed by atoms with Gasteiger partial charge in [0.05, 0.1) is 17.2 Å². The molecular weight excluding hydrogens is 376 g/mol. The maximum absolute atomic E-state index is 8.10. The lowest BCUT2D eigenvalue weighted by atomic mass is 10.0. The molecule has 4 nitrogen and oxygen atoms in total. The lowest BCUT2D eigenvalue weighted by Crippen LogP contribution is -1.97. The second-order valence-corrected chi connectivity index (χ2v) is 7.79. The van der Waals surface area contributed by atoms with Gasteiger partial charge in [-0.2, -0.15) is 0 Å². The number of para-hydroxylation sites is 1. The van der Waals surface area contributed by atoms with E-state index in [1.54, 1.807) is 24.7 Å². The first-order valence-electron chi connectivity index (χ1n) is 10.7. The Morgan fingerprint density at radius 2 is 1.90 bits per heavy atom. The fourth-order valence-electron chi connectivity index (χ4n) is 3.83. The second kappa shape index (κ2) is 6.22. The van der Waals surface area contributed by atoms with Crippen LogP contribution < -0.4 is 0 Å². The van der Waals surface area contributed by atoms with Crippen molar-refractivity contribution in [2.24, 2.45) is 0 Å². The predicted molar refractivity (Wildman–Crippen MR) is 120 cm³/mol. The quantitative estimate of drug-likeness (QED) is 0.353. The van der Waals surface area contributed by atoms with Crippen molar-refractivity contribution < 1.29 is 4.11 Å². The smallest absolute Gasteiger partial charge is 0.147 e. The van der Waals surface area contributed by atoms with Crippen molar-refractivity contribution in [3.63, 3.8) is 0 Å². The molecule has 0 amide bonds. The number of imidazole rings is 1. The van der Waals surface area contributed by atoms with Crippen molar-refractivity contribution in [2.75, 3.05) is 0 Å². The lowest BCUT2D eigenvalue weighted by molar-refractivity contribution is 1.10. The van der Waals surface area contributed by atoms with E-state index in [1.807, 2.05) is 54.6 Å². The van der Waals surface area contributed by atoms with Crippen LogP contribution in [0.5, 0.6) is 0 Å². The van der Waals surface area contributed by atoms with Gasteiger partial charge in [0.25, 0.3) is 0 Å². The molecular formula is C24H16N4S.